The van der Waals surface area contributed by atoms with Crippen LogP contribution in [-0.4, -0.2) is 62.0 Å². The van der Waals surface area contributed by atoms with Crippen molar-refractivity contribution in [2.75, 3.05) is 32.7 Å². The molecule has 0 bridgehead atoms. The molecule has 0 unspecified atom stereocenters. The maximum absolute atomic E-state index is 13.4. The molecule has 0 atom stereocenters. The summed E-state index contributed by atoms with van der Waals surface area (Å²) in [4.78, 5) is 18.1. The van der Waals surface area contributed by atoms with Crippen molar-refractivity contribution < 1.29 is 17.6 Å². The molecule has 2 heterocycles. The molecule has 1 fully saturated rings. The quantitative estimate of drug-likeness (QED) is 0.786. The Balaban J connectivity index is 1.52. The molecule has 29 heavy (non-hydrogen) atoms. The number of nitrogens with two attached hydrogens (primary N) is 1. The number of carbonyl (C=O) groups is 1. The van der Waals surface area contributed by atoms with Gasteiger partial charge in [-0.15, -0.1) is 0 Å². The van der Waals surface area contributed by atoms with E-state index in [0.717, 1.165) is 16.7 Å². The van der Waals surface area contributed by atoms with Crippen molar-refractivity contribution in [1.82, 2.24) is 9.21 Å². The molecular formula is C20H21FN4O3S. The average molecular weight is 416 g/mol. The van der Waals surface area contributed by atoms with Crippen LogP contribution in [0.25, 0.3) is 5.57 Å². The molecule has 0 radical (unpaired) electrons. The second-order valence-electron chi connectivity index (χ2n) is 7.02. The first kappa shape index (κ1) is 19.7. The van der Waals surface area contributed by atoms with E-state index in [1.54, 1.807) is 29.3 Å². The van der Waals surface area contributed by atoms with Crippen LogP contribution in [0.2, 0.25) is 0 Å². The van der Waals surface area contributed by atoms with E-state index in [4.69, 9.17) is 5.73 Å². The molecule has 152 valence electrons. The van der Waals surface area contributed by atoms with Gasteiger partial charge in [-0.25, -0.2) is 12.8 Å². The fourth-order valence-electron chi connectivity index (χ4n) is 3.63. The summed E-state index contributed by atoms with van der Waals surface area (Å²) in [5, 5.41) is 0. The van der Waals surface area contributed by atoms with Crippen molar-refractivity contribution >= 4 is 27.2 Å². The van der Waals surface area contributed by atoms with Crippen molar-refractivity contribution in [2.45, 2.75) is 11.3 Å². The Morgan fingerprint density at radius 1 is 1.10 bits per heavy atom. The highest BCUT2D eigenvalue weighted by Crippen LogP contribution is 2.34. The number of nitrogens with zero attached hydrogens (tertiary/aromatic N) is 3. The Bertz CT molecular complexity index is 1070. The van der Waals surface area contributed by atoms with Crippen LogP contribution in [0.5, 0.6) is 0 Å². The number of sulfonamides is 1. The number of amides is 1. The van der Waals surface area contributed by atoms with Crippen molar-refractivity contribution in [1.29, 1.82) is 0 Å². The van der Waals surface area contributed by atoms with Crippen molar-refractivity contribution in [3.63, 3.8) is 0 Å². The summed E-state index contributed by atoms with van der Waals surface area (Å²) in [6, 6.07) is 6.47. The summed E-state index contributed by atoms with van der Waals surface area (Å²) in [5.74, 6) is -0.475. The molecule has 2 aliphatic heterocycles. The average Bonchev–Trinajstić information content (AvgIpc) is 3.12. The predicted octanol–water partition coefficient (Wildman–Crippen LogP) is 1.46. The number of allylic oxidation sites excluding steroid dienone is 5. The number of rotatable bonds is 5. The van der Waals surface area contributed by atoms with Gasteiger partial charge in [-0.2, -0.15) is 4.31 Å². The Morgan fingerprint density at radius 2 is 1.86 bits per heavy atom. The summed E-state index contributed by atoms with van der Waals surface area (Å²) in [5.41, 5.74) is 8.64. The van der Waals surface area contributed by atoms with E-state index < -0.39 is 10.0 Å². The zero-order chi connectivity index (χ0) is 20.6. The van der Waals surface area contributed by atoms with E-state index in [0.29, 0.717) is 25.3 Å². The summed E-state index contributed by atoms with van der Waals surface area (Å²) < 4.78 is 40.5. The Labute approximate surface area is 168 Å². The molecule has 9 heteroatoms. The van der Waals surface area contributed by atoms with Crippen LogP contribution < -0.4 is 5.73 Å². The van der Waals surface area contributed by atoms with Crippen LogP contribution in [0, 0.1) is 0 Å². The third-order valence-corrected chi connectivity index (χ3v) is 7.06. The van der Waals surface area contributed by atoms with Gasteiger partial charge in [-0.1, -0.05) is 12.1 Å². The maximum Gasteiger partial charge on any atom is 0.243 e. The van der Waals surface area contributed by atoms with E-state index in [2.05, 4.69) is 4.99 Å². The molecule has 4 rings (SSSR count). The third kappa shape index (κ3) is 3.68. The molecule has 1 aromatic rings. The van der Waals surface area contributed by atoms with E-state index in [-0.39, 0.29) is 36.1 Å². The Kier molecular flexibility index (Phi) is 5.20. The largest absolute Gasteiger partial charge is 0.339 e. The zero-order valence-electron chi connectivity index (χ0n) is 15.7. The van der Waals surface area contributed by atoms with Crippen LogP contribution in [0.1, 0.15) is 12.0 Å². The molecule has 0 aromatic heterocycles. The lowest BCUT2D eigenvalue weighted by molar-refractivity contribution is -0.133. The number of piperazine rings is 1. The minimum atomic E-state index is -3.77. The molecule has 1 amide bonds. The first-order chi connectivity index (χ1) is 13.9. The fraction of sp³-hybridized carbons (Fsp3) is 0.300. The van der Waals surface area contributed by atoms with Gasteiger partial charge in [0.2, 0.25) is 15.9 Å². The second-order valence-corrected chi connectivity index (χ2v) is 8.96. The van der Waals surface area contributed by atoms with Crippen LogP contribution in [0.15, 0.2) is 63.9 Å². The first-order valence-electron chi connectivity index (χ1n) is 9.32. The van der Waals surface area contributed by atoms with Gasteiger partial charge in [-0.05, 0) is 29.8 Å². The van der Waals surface area contributed by atoms with Gasteiger partial charge in [-0.3, -0.25) is 9.79 Å². The molecule has 1 aromatic carbocycles. The van der Waals surface area contributed by atoms with Gasteiger partial charge >= 0.3 is 0 Å². The maximum atomic E-state index is 13.4. The number of hydrogen-bond acceptors (Lipinski definition) is 5. The van der Waals surface area contributed by atoms with Gasteiger partial charge in [0.25, 0.3) is 0 Å². The van der Waals surface area contributed by atoms with Crippen molar-refractivity contribution in [2.24, 2.45) is 10.7 Å². The number of fused-ring (bicyclic) bond motifs is 1. The summed E-state index contributed by atoms with van der Waals surface area (Å²) in [6.07, 6.45) is 4.95. The fourth-order valence-corrected chi connectivity index (χ4v) is 5.01. The summed E-state index contributed by atoms with van der Waals surface area (Å²) in [7, 11) is -3.77. The standard InChI is InChI=1S/C20H21FN4O3S/c21-15-3-6-17-18(12-23-19(17)11-15)14-1-4-16(5-2-14)29(27,28)25-10-9-24(8-7-22)20(26)13-25/h1-6,12H,7-11,13,22H2. The Morgan fingerprint density at radius 3 is 2.55 bits per heavy atom. The number of benzene rings is 1. The number of hydrogen-bond donors (Lipinski definition) is 1. The SMILES string of the molecule is NCCN1CCN(S(=O)(=O)c2ccc(C3=CN=C4CC(F)=CC=C34)cc2)CC1=O. The lowest BCUT2D eigenvalue weighted by Gasteiger charge is -2.33. The van der Waals surface area contributed by atoms with Crippen LogP contribution in [0.4, 0.5) is 4.39 Å². The highest BCUT2D eigenvalue weighted by atomic mass is 32.2. The van der Waals surface area contributed by atoms with Gasteiger partial charge in [0, 0.05) is 49.9 Å². The predicted molar refractivity (Wildman–Crippen MR) is 108 cm³/mol. The number of halogens is 1. The summed E-state index contributed by atoms with van der Waals surface area (Å²) in [6.45, 7) is 1.16. The molecule has 0 saturated carbocycles. The van der Waals surface area contributed by atoms with Crippen LogP contribution in [-0.2, 0) is 14.8 Å². The van der Waals surface area contributed by atoms with Crippen molar-refractivity contribution in [3.8, 4) is 0 Å². The van der Waals surface area contributed by atoms with E-state index in [1.165, 1.54) is 22.5 Å². The normalized spacial score (nSPS) is 20.1. The molecule has 3 aliphatic rings. The smallest absolute Gasteiger partial charge is 0.243 e. The highest BCUT2D eigenvalue weighted by molar-refractivity contribution is 7.89. The molecule has 7 nitrogen and oxygen atoms in total. The van der Waals surface area contributed by atoms with E-state index in [9.17, 15) is 17.6 Å². The van der Waals surface area contributed by atoms with Crippen molar-refractivity contribution in [3.05, 3.63) is 59.6 Å². The van der Waals surface area contributed by atoms with Gasteiger partial charge in [0.15, 0.2) is 0 Å². The molecular weight excluding hydrogens is 395 g/mol. The zero-order valence-corrected chi connectivity index (χ0v) is 16.5. The minimum absolute atomic E-state index is 0.129. The van der Waals surface area contributed by atoms with Gasteiger partial charge in [0.1, 0.15) is 5.83 Å². The summed E-state index contributed by atoms with van der Waals surface area (Å²) >= 11 is 0. The monoisotopic (exact) mass is 416 g/mol. The lowest BCUT2D eigenvalue weighted by atomic mass is 9.93. The number of carbonyl (C=O) groups excluding carboxylic acids is 1. The second kappa shape index (κ2) is 7.66. The van der Waals surface area contributed by atoms with Crippen LogP contribution >= 0.6 is 0 Å². The van der Waals surface area contributed by atoms with E-state index in [1.807, 2.05) is 0 Å². The molecule has 2 N–H and O–H groups in total. The Hall–Kier alpha value is -2.62. The van der Waals surface area contributed by atoms with Crippen LogP contribution in [0.3, 0.4) is 0 Å². The van der Waals surface area contributed by atoms with Gasteiger partial charge in [0.05, 0.1) is 17.2 Å². The first-order valence-corrected chi connectivity index (χ1v) is 10.8. The molecule has 1 saturated heterocycles. The topological polar surface area (TPSA) is 96.1 Å². The van der Waals surface area contributed by atoms with Gasteiger partial charge < -0.3 is 10.6 Å². The number of aliphatic imine (C=N–C) groups is 1. The van der Waals surface area contributed by atoms with E-state index >= 15 is 0 Å². The highest BCUT2D eigenvalue weighted by Gasteiger charge is 2.32. The molecule has 0 spiro atoms. The lowest BCUT2D eigenvalue weighted by Crippen LogP contribution is -2.53. The minimum Gasteiger partial charge on any atom is -0.339 e. The molecule has 1 aliphatic carbocycles. The third-order valence-electron chi connectivity index (χ3n) is 5.20.